The molecule has 1 atom stereocenters. The average molecular weight is 565 g/mol. The van der Waals surface area contributed by atoms with E-state index in [9.17, 15) is 22.0 Å². The fourth-order valence-corrected chi connectivity index (χ4v) is 7.06. The highest BCUT2D eigenvalue weighted by Crippen LogP contribution is 2.35. The number of nitrogens with one attached hydrogen (secondary N) is 1. The van der Waals surface area contributed by atoms with Crippen LogP contribution in [0.3, 0.4) is 0 Å². The van der Waals surface area contributed by atoms with E-state index in [1.54, 1.807) is 17.0 Å². The molecule has 9 nitrogen and oxygen atoms in total. The van der Waals surface area contributed by atoms with Gasteiger partial charge in [0, 0.05) is 49.7 Å². The summed E-state index contributed by atoms with van der Waals surface area (Å²) in [5, 5.41) is 3.49. The third kappa shape index (κ3) is 4.57. The number of sulfonamides is 1. The minimum Gasteiger partial charge on any atom is -0.368 e. The number of hydrogen-bond donors (Lipinski definition) is 2. The molecule has 6 rings (SSSR count). The van der Waals surface area contributed by atoms with Crippen molar-refractivity contribution in [2.45, 2.75) is 31.0 Å². The predicted molar refractivity (Wildman–Crippen MR) is 146 cm³/mol. The van der Waals surface area contributed by atoms with Crippen LogP contribution in [0.5, 0.6) is 0 Å². The molecule has 2 aliphatic heterocycles. The molecular formula is C28H26F2N6O3S. The lowest BCUT2D eigenvalue weighted by Crippen LogP contribution is -2.51. The van der Waals surface area contributed by atoms with Crippen molar-refractivity contribution in [3.05, 3.63) is 83.1 Å². The largest absolute Gasteiger partial charge is 0.368 e. The lowest BCUT2D eigenvalue weighted by Gasteiger charge is -2.31. The van der Waals surface area contributed by atoms with E-state index in [-0.39, 0.29) is 52.7 Å². The molecule has 2 aliphatic rings. The number of benzene rings is 3. The van der Waals surface area contributed by atoms with E-state index in [4.69, 9.17) is 5.73 Å². The third-order valence-electron chi connectivity index (χ3n) is 7.33. The van der Waals surface area contributed by atoms with Crippen molar-refractivity contribution in [3.8, 4) is 11.1 Å². The van der Waals surface area contributed by atoms with Gasteiger partial charge >= 0.3 is 0 Å². The molecule has 12 heteroatoms. The Labute approximate surface area is 229 Å². The first-order valence-electron chi connectivity index (χ1n) is 12.8. The number of fused-ring (bicyclic) bond motifs is 2. The minimum absolute atomic E-state index is 0.0317. The summed E-state index contributed by atoms with van der Waals surface area (Å²) in [6.45, 7) is 3.44. The molecule has 0 spiro atoms. The van der Waals surface area contributed by atoms with Crippen molar-refractivity contribution >= 4 is 32.8 Å². The Hall–Kier alpha value is -4.00. The molecule has 4 aromatic rings. The first-order chi connectivity index (χ1) is 19.1. The van der Waals surface area contributed by atoms with E-state index >= 15 is 0 Å². The van der Waals surface area contributed by atoms with Crippen LogP contribution >= 0.6 is 0 Å². The smallest absolute Gasteiger partial charge is 0.273 e. The number of nitrogens with zero attached hydrogens (tertiary/aromatic N) is 4. The van der Waals surface area contributed by atoms with Gasteiger partial charge in [-0.25, -0.2) is 27.2 Å². The number of hydrogen-bond acceptors (Lipinski definition) is 7. The molecule has 0 aliphatic carbocycles. The minimum atomic E-state index is -4.18. The quantitative estimate of drug-likeness (QED) is 0.390. The molecule has 206 valence electrons. The Balaban J connectivity index is 1.46. The van der Waals surface area contributed by atoms with Crippen molar-refractivity contribution in [2.24, 2.45) is 0 Å². The second-order valence-corrected chi connectivity index (χ2v) is 12.0. The normalized spacial score (nSPS) is 17.8. The topological polar surface area (TPSA) is 122 Å². The van der Waals surface area contributed by atoms with Crippen LogP contribution in [-0.4, -0.2) is 59.2 Å². The molecule has 0 bridgehead atoms. The van der Waals surface area contributed by atoms with Crippen LogP contribution in [-0.2, 0) is 23.1 Å². The molecule has 0 saturated carbocycles. The van der Waals surface area contributed by atoms with Gasteiger partial charge in [0.25, 0.3) is 5.91 Å². The Morgan fingerprint density at radius 2 is 1.73 bits per heavy atom. The maximum Gasteiger partial charge on any atom is 0.273 e. The molecule has 1 aromatic heterocycles. The van der Waals surface area contributed by atoms with Crippen molar-refractivity contribution in [1.29, 1.82) is 0 Å². The zero-order chi connectivity index (χ0) is 28.2. The second-order valence-electron chi connectivity index (χ2n) is 10.1. The summed E-state index contributed by atoms with van der Waals surface area (Å²) >= 11 is 0. The molecule has 0 radical (unpaired) electrons. The number of carbonyl (C=O) groups excluding carboxylic acids is 1. The van der Waals surface area contributed by atoms with Gasteiger partial charge in [-0.1, -0.05) is 30.3 Å². The zero-order valence-electron chi connectivity index (χ0n) is 21.6. The van der Waals surface area contributed by atoms with Crippen molar-refractivity contribution in [2.75, 3.05) is 25.4 Å². The standard InChI is InChI=1S/C28H26F2N6O3S/c1-16-13-36(9-8-32-16)40(38,39)25-12-23(30)22(29)11-20(25)17-6-7-24-21(10-17)26(34-28(31)33-24)27(37)35-14-18-4-2-3-5-19(18)15-35/h2-7,10-12,16,32H,8-9,13-15H2,1H3,(H2,31,33,34). The maximum absolute atomic E-state index is 14.6. The van der Waals surface area contributed by atoms with Crippen LogP contribution in [0.15, 0.2) is 59.5 Å². The molecule has 3 N–H and O–H groups in total. The number of aromatic nitrogens is 2. The van der Waals surface area contributed by atoms with Crippen LogP contribution in [0.2, 0.25) is 0 Å². The average Bonchev–Trinajstić information content (AvgIpc) is 3.37. The number of rotatable bonds is 4. The monoisotopic (exact) mass is 564 g/mol. The van der Waals surface area contributed by atoms with Gasteiger partial charge in [0.15, 0.2) is 11.6 Å². The highest BCUT2D eigenvalue weighted by Gasteiger charge is 2.32. The molecule has 3 heterocycles. The number of carbonyl (C=O) groups is 1. The molecule has 1 fully saturated rings. The Kier molecular flexibility index (Phi) is 6.48. The summed E-state index contributed by atoms with van der Waals surface area (Å²) in [5.74, 6) is -2.93. The van der Waals surface area contributed by atoms with Crippen molar-refractivity contribution in [1.82, 2.24) is 24.5 Å². The van der Waals surface area contributed by atoms with Gasteiger partial charge in [0.1, 0.15) is 5.69 Å². The van der Waals surface area contributed by atoms with Gasteiger partial charge in [0.05, 0.1) is 10.4 Å². The summed E-state index contributed by atoms with van der Waals surface area (Å²) < 4.78 is 57.6. The Morgan fingerprint density at radius 3 is 2.42 bits per heavy atom. The van der Waals surface area contributed by atoms with Crippen LogP contribution < -0.4 is 11.1 Å². The second kappa shape index (κ2) is 9.88. The van der Waals surface area contributed by atoms with E-state index in [0.29, 0.717) is 36.6 Å². The number of nitrogen functional groups attached to an aromatic ring is 1. The van der Waals surface area contributed by atoms with E-state index in [1.807, 2.05) is 31.2 Å². The Morgan fingerprint density at radius 1 is 1.02 bits per heavy atom. The zero-order valence-corrected chi connectivity index (χ0v) is 22.4. The summed E-state index contributed by atoms with van der Waals surface area (Å²) in [4.78, 5) is 23.4. The van der Waals surface area contributed by atoms with Crippen LogP contribution in [0.4, 0.5) is 14.7 Å². The summed E-state index contributed by atoms with van der Waals surface area (Å²) in [7, 11) is -4.18. The van der Waals surface area contributed by atoms with Crippen LogP contribution in [0.25, 0.3) is 22.0 Å². The predicted octanol–water partition coefficient (Wildman–Crippen LogP) is 3.30. The van der Waals surface area contributed by atoms with E-state index in [0.717, 1.165) is 17.2 Å². The van der Waals surface area contributed by atoms with E-state index < -0.39 is 21.7 Å². The SMILES string of the molecule is CC1CN(S(=O)(=O)c2cc(F)c(F)cc2-c2ccc3nc(N)nc(C(=O)N4Cc5ccccc5C4)c3c2)CCN1. The van der Waals surface area contributed by atoms with Gasteiger partial charge in [-0.15, -0.1) is 0 Å². The number of halogens is 2. The van der Waals surface area contributed by atoms with Crippen LogP contribution in [0, 0.1) is 11.6 Å². The van der Waals surface area contributed by atoms with E-state index in [2.05, 4.69) is 15.3 Å². The van der Waals surface area contributed by atoms with Gasteiger partial charge in [-0.05, 0) is 47.9 Å². The van der Waals surface area contributed by atoms with E-state index in [1.165, 1.54) is 10.4 Å². The number of piperazine rings is 1. The molecular weight excluding hydrogens is 538 g/mol. The highest BCUT2D eigenvalue weighted by molar-refractivity contribution is 7.89. The molecule has 1 amide bonds. The highest BCUT2D eigenvalue weighted by atomic mass is 32.2. The van der Waals surface area contributed by atoms with Crippen LogP contribution in [0.1, 0.15) is 28.5 Å². The van der Waals surface area contributed by atoms with Crippen molar-refractivity contribution < 1.29 is 22.0 Å². The Bertz CT molecular complexity index is 1760. The van der Waals surface area contributed by atoms with Gasteiger partial charge in [0.2, 0.25) is 16.0 Å². The maximum atomic E-state index is 14.6. The molecule has 1 saturated heterocycles. The summed E-state index contributed by atoms with van der Waals surface area (Å²) in [6, 6.07) is 13.8. The van der Waals surface area contributed by atoms with Gasteiger partial charge in [-0.2, -0.15) is 4.31 Å². The summed E-state index contributed by atoms with van der Waals surface area (Å²) in [6.07, 6.45) is 0. The lowest BCUT2D eigenvalue weighted by molar-refractivity contribution is 0.0747. The first-order valence-corrected chi connectivity index (χ1v) is 14.2. The molecule has 40 heavy (non-hydrogen) atoms. The number of amides is 1. The number of anilines is 1. The number of nitrogens with two attached hydrogens (primary N) is 1. The molecule has 3 aromatic carbocycles. The lowest BCUT2D eigenvalue weighted by atomic mass is 10.0. The molecule has 1 unspecified atom stereocenters. The van der Waals surface area contributed by atoms with Gasteiger partial charge in [-0.3, -0.25) is 4.79 Å². The summed E-state index contributed by atoms with van der Waals surface area (Å²) in [5.41, 5.74) is 8.63. The van der Waals surface area contributed by atoms with Gasteiger partial charge < -0.3 is 16.0 Å². The fourth-order valence-electron chi connectivity index (χ4n) is 5.33. The first kappa shape index (κ1) is 26.2. The third-order valence-corrected chi connectivity index (χ3v) is 9.23. The van der Waals surface area contributed by atoms with Crippen molar-refractivity contribution in [3.63, 3.8) is 0 Å². The fraction of sp³-hybridized carbons (Fsp3) is 0.250.